The third kappa shape index (κ3) is 3.90. The zero-order chi connectivity index (χ0) is 33.8. The second-order valence-corrected chi connectivity index (χ2v) is 14.2. The fourth-order valence-corrected chi connectivity index (χ4v) is 8.58. The zero-order valence-electron chi connectivity index (χ0n) is 28.2. The number of furan rings is 1. The normalized spacial score (nSPS) is 13.5. The van der Waals surface area contributed by atoms with Crippen LogP contribution in [0, 0.1) is 0 Å². The first-order chi connectivity index (χ1) is 25.1. The van der Waals surface area contributed by atoms with Crippen LogP contribution in [0.5, 0.6) is 0 Å². The average molecular weight is 654 g/mol. The Labute approximate surface area is 294 Å². The number of fused-ring (bicyclic) bond motifs is 9. The van der Waals surface area contributed by atoms with Crippen LogP contribution in [0.15, 0.2) is 156 Å². The number of benzene rings is 7. The Balaban J connectivity index is 1.21. The van der Waals surface area contributed by atoms with Gasteiger partial charge in [-0.15, -0.1) is 0 Å². The summed E-state index contributed by atoms with van der Waals surface area (Å²) in [4.78, 5) is 10.7. The molecule has 51 heavy (non-hydrogen) atoms. The lowest BCUT2D eigenvalue weighted by atomic mass is 9.73. The first kappa shape index (κ1) is 28.3. The third-order valence-corrected chi connectivity index (χ3v) is 11.0. The molecule has 0 fully saturated rings. The molecule has 1 aliphatic rings. The minimum atomic E-state index is -0.259. The number of hydrogen-bond donors (Lipinski definition) is 0. The van der Waals surface area contributed by atoms with Crippen LogP contribution < -0.4 is 0 Å². The first-order valence-corrected chi connectivity index (χ1v) is 17.5. The van der Waals surface area contributed by atoms with E-state index in [2.05, 4.69) is 164 Å². The predicted octanol–water partition coefficient (Wildman–Crippen LogP) is 12.3. The van der Waals surface area contributed by atoms with E-state index in [0.29, 0.717) is 5.82 Å². The molecule has 7 aromatic carbocycles. The number of rotatable bonds is 3. The van der Waals surface area contributed by atoms with Gasteiger partial charge in [-0.3, -0.25) is 0 Å². The molecular formula is C47H31N3O. The zero-order valence-corrected chi connectivity index (χ0v) is 28.2. The Bertz CT molecular complexity index is 3070. The Morgan fingerprint density at radius 1 is 0.529 bits per heavy atom. The van der Waals surface area contributed by atoms with Crippen LogP contribution in [0.25, 0.3) is 94.1 Å². The number of para-hydroxylation sites is 4. The van der Waals surface area contributed by atoms with E-state index >= 15 is 0 Å². The van der Waals surface area contributed by atoms with Gasteiger partial charge in [0.1, 0.15) is 11.1 Å². The molecule has 0 atom stereocenters. The number of nitrogens with zero attached hydrogens (tertiary/aromatic N) is 3. The molecule has 0 saturated carbocycles. The minimum Gasteiger partial charge on any atom is -0.454 e. The van der Waals surface area contributed by atoms with E-state index in [4.69, 9.17) is 14.4 Å². The lowest BCUT2D eigenvalue weighted by Crippen LogP contribution is -2.26. The molecule has 10 aromatic rings. The highest BCUT2D eigenvalue weighted by Crippen LogP contribution is 2.52. The molecule has 0 N–H and O–H groups in total. The molecule has 4 nitrogen and oxygen atoms in total. The summed E-state index contributed by atoms with van der Waals surface area (Å²) in [5, 5.41) is 5.71. The van der Waals surface area contributed by atoms with Gasteiger partial charge in [0.25, 0.3) is 0 Å². The second-order valence-electron chi connectivity index (χ2n) is 14.2. The average Bonchev–Trinajstić information content (AvgIpc) is 3.71. The maximum absolute atomic E-state index is 6.63. The summed E-state index contributed by atoms with van der Waals surface area (Å²) >= 11 is 0. The van der Waals surface area contributed by atoms with E-state index in [1.54, 1.807) is 0 Å². The van der Waals surface area contributed by atoms with Crippen LogP contribution in [0.1, 0.15) is 25.0 Å². The van der Waals surface area contributed by atoms with Crippen LogP contribution >= 0.6 is 0 Å². The molecule has 0 spiro atoms. The summed E-state index contributed by atoms with van der Waals surface area (Å²) in [6.45, 7) is 4.67. The molecule has 4 heteroatoms. The van der Waals surface area contributed by atoms with E-state index < -0.39 is 0 Å². The summed E-state index contributed by atoms with van der Waals surface area (Å²) < 4.78 is 9.09. The van der Waals surface area contributed by atoms with Crippen LogP contribution in [0.2, 0.25) is 0 Å². The van der Waals surface area contributed by atoms with Gasteiger partial charge in [0.05, 0.1) is 22.4 Å². The maximum atomic E-state index is 6.63. The van der Waals surface area contributed by atoms with Crippen molar-refractivity contribution >= 4 is 54.6 Å². The topological polar surface area (TPSA) is 43.9 Å². The standard InChI is InChI=1S/C47H31N3O/c1-47(2)37-23-11-21-35(42(37)50-43-36(22-12-24-38(43)47)45-44(50)34-19-6-8-26-40(34)51-45)41-33-18-5-7-25-39(33)48-46(49-41)30-16-9-15-29(27-30)32-20-10-14-28-13-3-4-17-31(28)32/h3-27H,1-2H3. The maximum Gasteiger partial charge on any atom is 0.161 e. The Hall–Kier alpha value is -6.52. The van der Waals surface area contributed by atoms with Crippen molar-refractivity contribution in [3.05, 3.63) is 163 Å². The molecule has 0 saturated heterocycles. The fraction of sp³-hybridized carbons (Fsp3) is 0.0638. The van der Waals surface area contributed by atoms with E-state index in [1.807, 2.05) is 6.07 Å². The van der Waals surface area contributed by atoms with Gasteiger partial charge in [0, 0.05) is 32.7 Å². The van der Waals surface area contributed by atoms with E-state index in [9.17, 15) is 0 Å². The number of aromatic nitrogens is 3. The van der Waals surface area contributed by atoms with Crippen LogP contribution in [0.4, 0.5) is 0 Å². The van der Waals surface area contributed by atoms with Crippen molar-refractivity contribution in [2.24, 2.45) is 0 Å². The van der Waals surface area contributed by atoms with Crippen molar-refractivity contribution in [1.29, 1.82) is 0 Å². The number of hydrogen-bond acceptors (Lipinski definition) is 3. The van der Waals surface area contributed by atoms with Crippen LogP contribution in [0.3, 0.4) is 0 Å². The van der Waals surface area contributed by atoms with Gasteiger partial charge in [0.15, 0.2) is 11.4 Å². The summed E-state index contributed by atoms with van der Waals surface area (Å²) in [5.41, 5.74) is 13.8. The molecule has 240 valence electrons. The van der Waals surface area contributed by atoms with Gasteiger partial charge < -0.3 is 8.98 Å². The summed E-state index contributed by atoms with van der Waals surface area (Å²) in [6, 6.07) is 53.8. The third-order valence-electron chi connectivity index (χ3n) is 11.0. The summed E-state index contributed by atoms with van der Waals surface area (Å²) in [5.74, 6) is 0.704. The fourth-order valence-electron chi connectivity index (χ4n) is 8.58. The largest absolute Gasteiger partial charge is 0.454 e. The predicted molar refractivity (Wildman–Crippen MR) is 210 cm³/mol. The van der Waals surface area contributed by atoms with Gasteiger partial charge >= 0.3 is 0 Å². The molecule has 3 aromatic heterocycles. The highest BCUT2D eigenvalue weighted by atomic mass is 16.3. The van der Waals surface area contributed by atoms with Crippen LogP contribution in [-0.2, 0) is 5.41 Å². The lowest BCUT2D eigenvalue weighted by molar-refractivity contribution is 0.630. The van der Waals surface area contributed by atoms with E-state index in [-0.39, 0.29) is 5.41 Å². The molecule has 1 aliphatic heterocycles. The quantitative estimate of drug-likeness (QED) is 0.191. The molecule has 0 radical (unpaired) electrons. The van der Waals surface area contributed by atoms with Crippen molar-refractivity contribution in [2.45, 2.75) is 19.3 Å². The molecule has 0 bridgehead atoms. The van der Waals surface area contributed by atoms with Crippen molar-refractivity contribution < 1.29 is 4.42 Å². The van der Waals surface area contributed by atoms with Crippen molar-refractivity contribution in [3.8, 4) is 39.5 Å². The SMILES string of the molecule is CC1(C)c2cccc(-c3nc(-c4cccc(-c5cccc6ccccc56)c4)nc4ccccc34)c2-n2c3c1cccc3c1oc3ccccc3c12. The Kier molecular flexibility index (Phi) is 5.70. The summed E-state index contributed by atoms with van der Waals surface area (Å²) in [7, 11) is 0. The van der Waals surface area contributed by atoms with Gasteiger partial charge in [0.2, 0.25) is 0 Å². The minimum absolute atomic E-state index is 0.259. The highest BCUT2D eigenvalue weighted by Gasteiger charge is 2.38. The van der Waals surface area contributed by atoms with E-state index in [1.165, 1.54) is 33.0 Å². The van der Waals surface area contributed by atoms with Crippen LogP contribution in [-0.4, -0.2) is 14.5 Å². The second kappa shape index (κ2) is 10.3. The van der Waals surface area contributed by atoms with Crippen molar-refractivity contribution in [3.63, 3.8) is 0 Å². The van der Waals surface area contributed by atoms with Gasteiger partial charge in [-0.05, 0) is 63.4 Å². The Morgan fingerprint density at radius 2 is 1.20 bits per heavy atom. The molecule has 11 rings (SSSR count). The molecular weight excluding hydrogens is 623 g/mol. The van der Waals surface area contributed by atoms with Gasteiger partial charge in [-0.2, -0.15) is 0 Å². The Morgan fingerprint density at radius 3 is 2.12 bits per heavy atom. The highest BCUT2D eigenvalue weighted by molar-refractivity contribution is 6.18. The molecule has 0 aliphatic carbocycles. The molecule has 0 amide bonds. The van der Waals surface area contributed by atoms with Gasteiger partial charge in [-0.1, -0.05) is 135 Å². The smallest absolute Gasteiger partial charge is 0.161 e. The van der Waals surface area contributed by atoms with Crippen molar-refractivity contribution in [2.75, 3.05) is 0 Å². The lowest BCUT2D eigenvalue weighted by Gasteiger charge is -2.35. The van der Waals surface area contributed by atoms with E-state index in [0.717, 1.165) is 66.4 Å². The van der Waals surface area contributed by atoms with Crippen molar-refractivity contribution in [1.82, 2.24) is 14.5 Å². The molecule has 4 heterocycles. The summed E-state index contributed by atoms with van der Waals surface area (Å²) in [6.07, 6.45) is 0. The first-order valence-electron chi connectivity index (χ1n) is 17.5. The monoisotopic (exact) mass is 653 g/mol. The van der Waals surface area contributed by atoms with Gasteiger partial charge in [-0.25, -0.2) is 9.97 Å². The molecule has 0 unspecified atom stereocenters.